The molecular formula is C17H25Hf2N. The second-order valence-corrected chi connectivity index (χ2v) is 5.86. The van der Waals surface area contributed by atoms with Crippen LogP contribution in [0.15, 0.2) is 0 Å². The zero-order valence-electron chi connectivity index (χ0n) is 14.0. The van der Waals surface area contributed by atoms with E-state index in [2.05, 4.69) is 66.5 Å². The number of hydrogen-bond donors (Lipinski definition) is 0. The van der Waals surface area contributed by atoms with E-state index in [1.54, 1.807) is 0 Å². The minimum atomic E-state index is 0. The Hall–Kier alpha value is 0.630. The molecule has 0 aliphatic carbocycles. The van der Waals surface area contributed by atoms with E-state index >= 15 is 0 Å². The Balaban J connectivity index is 0.00000180. The predicted molar refractivity (Wildman–Crippen MR) is 79.2 cm³/mol. The van der Waals surface area contributed by atoms with E-state index < -0.39 is 0 Å². The minimum Gasteiger partial charge on any atom is -0.311 e. The molecule has 0 radical (unpaired) electrons. The molecule has 1 atom stereocenters. The zero-order valence-corrected chi connectivity index (χ0v) is 21.2. The van der Waals surface area contributed by atoms with Crippen LogP contribution in [0.5, 0.6) is 0 Å². The predicted octanol–water partition coefficient (Wildman–Crippen LogP) is 4.15. The number of hydrogen-bond acceptors (Lipinski definition) is 0. The van der Waals surface area contributed by atoms with Crippen LogP contribution < -0.4 is 0 Å². The van der Waals surface area contributed by atoms with Crippen LogP contribution in [0.3, 0.4) is 0 Å². The first-order valence-corrected chi connectivity index (χ1v) is 6.76. The van der Waals surface area contributed by atoms with Gasteiger partial charge in [0.1, 0.15) is 12.8 Å². The van der Waals surface area contributed by atoms with Crippen LogP contribution in [0.4, 0.5) is 5.69 Å². The topological polar surface area (TPSA) is 3.01 Å². The Morgan fingerprint density at radius 2 is 1.30 bits per heavy atom. The van der Waals surface area contributed by atoms with Gasteiger partial charge < -0.3 is 6.42 Å². The summed E-state index contributed by atoms with van der Waals surface area (Å²) in [5.41, 5.74) is 10.2. The maximum atomic E-state index is 2.38. The third kappa shape index (κ3) is 2.55. The van der Waals surface area contributed by atoms with Gasteiger partial charge in [-0.05, 0) is 49.8 Å². The van der Waals surface area contributed by atoms with Crippen LogP contribution in [0.2, 0.25) is 0 Å². The largest absolute Gasteiger partial charge is 0.311 e. The molecule has 2 rings (SSSR count). The van der Waals surface area contributed by atoms with Gasteiger partial charge in [0.25, 0.3) is 0 Å². The van der Waals surface area contributed by atoms with Gasteiger partial charge in [0.05, 0.1) is 0 Å². The summed E-state index contributed by atoms with van der Waals surface area (Å²) < 4.78 is 2.38. The van der Waals surface area contributed by atoms with Gasteiger partial charge in [0, 0.05) is 69.7 Å². The molecule has 20 heavy (non-hydrogen) atoms. The summed E-state index contributed by atoms with van der Waals surface area (Å²) in [6.45, 7) is 15.8. The van der Waals surface area contributed by atoms with E-state index in [0.717, 1.165) is 0 Å². The van der Waals surface area contributed by atoms with Crippen molar-refractivity contribution in [2.75, 3.05) is 7.05 Å². The summed E-state index contributed by atoms with van der Waals surface area (Å²) >= 11 is 0. The fourth-order valence-corrected chi connectivity index (χ4v) is 3.40. The fourth-order valence-electron chi connectivity index (χ4n) is 3.40. The average molecular weight is 600 g/mol. The minimum absolute atomic E-state index is 0. The van der Waals surface area contributed by atoms with Crippen molar-refractivity contribution in [2.45, 2.75) is 53.9 Å². The molecule has 1 aliphatic heterocycles. The number of fused-ring (bicyclic) bond motifs is 1. The first kappa shape index (κ1) is 20.6. The summed E-state index contributed by atoms with van der Waals surface area (Å²) in [7, 11) is 2.20. The van der Waals surface area contributed by atoms with E-state index in [1.807, 2.05) is 0 Å². The number of nitrogens with zero attached hydrogens (tertiary/aromatic N) is 1. The van der Waals surface area contributed by atoms with Crippen LogP contribution in [-0.4, -0.2) is 17.3 Å². The Morgan fingerprint density at radius 1 is 0.850 bits per heavy atom. The van der Waals surface area contributed by atoms with Gasteiger partial charge in [-0.3, -0.25) is 0 Å². The van der Waals surface area contributed by atoms with Gasteiger partial charge in [-0.25, -0.2) is 4.58 Å². The molecule has 0 amide bonds. The molecule has 0 saturated carbocycles. The van der Waals surface area contributed by atoms with Crippen molar-refractivity contribution in [3.05, 3.63) is 34.2 Å². The Morgan fingerprint density at radius 3 is 1.75 bits per heavy atom. The van der Waals surface area contributed by atoms with Crippen LogP contribution in [0.25, 0.3) is 0 Å². The maximum Gasteiger partial charge on any atom is 0.209 e. The van der Waals surface area contributed by atoms with Crippen LogP contribution in [0.1, 0.15) is 48.6 Å². The van der Waals surface area contributed by atoms with Crippen molar-refractivity contribution in [1.29, 1.82) is 0 Å². The molecule has 1 aromatic rings. The van der Waals surface area contributed by atoms with E-state index in [1.165, 1.54) is 39.2 Å². The van der Waals surface area contributed by atoms with Crippen molar-refractivity contribution in [3.8, 4) is 0 Å². The molecule has 0 saturated heterocycles. The molecule has 0 spiro atoms. The van der Waals surface area contributed by atoms with Crippen LogP contribution >= 0.6 is 0 Å². The van der Waals surface area contributed by atoms with Gasteiger partial charge >= 0.3 is 0 Å². The molecular weight excluding hydrogens is 575 g/mol. The normalized spacial score (nSPS) is 20.4. The molecule has 1 nitrogen and oxygen atoms in total. The summed E-state index contributed by atoms with van der Waals surface area (Å²) in [4.78, 5) is 0. The smallest absolute Gasteiger partial charge is 0.209 e. The summed E-state index contributed by atoms with van der Waals surface area (Å²) in [5, 5.41) is 0. The Kier molecular flexibility index (Phi) is 7.02. The Bertz CT molecular complexity index is 573. The standard InChI is InChI=1S/C17H25N.2Hf/c1-9-17(7)14(6)18(8)16-13(5)11(3)10(2)12(4)15(16)17;;/h9H,1-8H3;;. The third-order valence-electron chi connectivity index (χ3n) is 5.34. The molecule has 1 unspecified atom stereocenters. The van der Waals surface area contributed by atoms with Crippen molar-refractivity contribution >= 4 is 11.4 Å². The molecule has 1 aliphatic rings. The second-order valence-electron chi connectivity index (χ2n) is 5.86. The van der Waals surface area contributed by atoms with Crippen molar-refractivity contribution in [3.63, 3.8) is 0 Å². The van der Waals surface area contributed by atoms with E-state index in [4.69, 9.17) is 0 Å². The van der Waals surface area contributed by atoms with Gasteiger partial charge in [0.15, 0.2) is 0 Å². The molecule has 0 N–H and O–H groups in total. The molecule has 3 heteroatoms. The van der Waals surface area contributed by atoms with Gasteiger partial charge in [0.2, 0.25) is 5.69 Å². The first-order chi connectivity index (χ1) is 8.27. The van der Waals surface area contributed by atoms with Gasteiger partial charge in [-0.15, -0.1) is 0 Å². The maximum absolute atomic E-state index is 2.38. The van der Waals surface area contributed by atoms with Crippen LogP contribution in [-0.2, 0) is 57.1 Å². The molecule has 0 fully saturated rings. The molecule has 0 aromatic heterocycles. The third-order valence-corrected chi connectivity index (χ3v) is 5.34. The van der Waals surface area contributed by atoms with Gasteiger partial charge in [-0.2, -0.15) is 6.92 Å². The molecule has 0 bridgehead atoms. The summed E-state index contributed by atoms with van der Waals surface area (Å²) in [5.74, 6) is 0. The number of benzene rings is 1. The van der Waals surface area contributed by atoms with Crippen molar-refractivity contribution in [2.24, 2.45) is 0 Å². The molecule has 1 heterocycles. The summed E-state index contributed by atoms with van der Waals surface area (Å²) in [6.07, 6.45) is 2.34. The monoisotopic (exact) mass is 603 g/mol. The quantitative estimate of drug-likeness (QED) is 0.259. The average Bonchev–Trinajstić information content (AvgIpc) is 2.56. The van der Waals surface area contributed by atoms with E-state index in [0.29, 0.717) is 0 Å². The first-order valence-electron chi connectivity index (χ1n) is 6.76. The SMILES string of the molecule is C[CH-]C1(C)C(C)=[N+](C)c2c(C)c(C)c(C)c(C)c21.[Hf].[Hf]. The van der Waals surface area contributed by atoms with E-state index in [9.17, 15) is 0 Å². The summed E-state index contributed by atoms with van der Waals surface area (Å²) in [6, 6.07) is 0. The number of rotatable bonds is 1. The van der Waals surface area contributed by atoms with Crippen molar-refractivity contribution < 1.29 is 56.3 Å². The Labute approximate surface area is 161 Å². The van der Waals surface area contributed by atoms with Crippen molar-refractivity contribution in [1.82, 2.24) is 0 Å². The second kappa shape index (κ2) is 6.81. The van der Waals surface area contributed by atoms with E-state index in [-0.39, 0.29) is 57.1 Å². The molecule has 106 valence electrons. The zero-order chi connectivity index (χ0) is 13.8. The van der Waals surface area contributed by atoms with Gasteiger partial charge in [-0.1, -0.05) is 6.92 Å². The molecule has 1 aromatic carbocycles. The fraction of sp³-hybridized carbons (Fsp3) is 0.529. The van der Waals surface area contributed by atoms with Crippen LogP contribution in [0, 0.1) is 34.1 Å².